The Bertz CT molecular complexity index is 1190. The maximum absolute atomic E-state index is 10.7. The zero-order valence-electron chi connectivity index (χ0n) is 25.3. The summed E-state index contributed by atoms with van der Waals surface area (Å²) in [4.78, 5) is 4.76. The second-order valence-electron chi connectivity index (χ2n) is 12.0. The lowest BCUT2D eigenvalue weighted by molar-refractivity contribution is 0.304. The number of phenolic OH excluding ortho intramolecular Hbond substituents is 1. The number of pyridine rings is 1. The predicted molar refractivity (Wildman–Crippen MR) is 177 cm³/mol. The molecule has 0 amide bonds. The minimum Gasteiger partial charge on any atom is -0.506 e. The van der Waals surface area contributed by atoms with Gasteiger partial charge in [0.1, 0.15) is 31.0 Å². The highest BCUT2D eigenvalue weighted by Gasteiger charge is 2.33. The number of halogens is 1. The Morgan fingerprint density at radius 3 is 2.13 bits per heavy atom. The van der Waals surface area contributed by atoms with E-state index in [1.165, 1.54) is 50.5 Å². The summed E-state index contributed by atoms with van der Waals surface area (Å²) >= 11 is 2.19. The van der Waals surface area contributed by atoms with Crippen molar-refractivity contribution in [1.82, 2.24) is 4.98 Å². The van der Waals surface area contributed by atoms with Crippen LogP contribution in [0.1, 0.15) is 115 Å². The number of aryl methyl sites for hydroxylation is 1. The van der Waals surface area contributed by atoms with Crippen LogP contribution in [0, 0.1) is 26.9 Å². The van der Waals surface area contributed by atoms with Crippen LogP contribution in [-0.4, -0.2) is 24.8 Å². The first-order valence-corrected chi connectivity index (χ1v) is 18.8. The molecular formula is C34H48INO2Si. The fraction of sp³-hybridized carbons (Fsp3) is 0.559. The summed E-state index contributed by atoms with van der Waals surface area (Å²) in [6, 6.07) is 7.91. The van der Waals surface area contributed by atoms with Crippen LogP contribution in [0.25, 0.3) is 0 Å². The molecule has 2 aromatic rings. The molecule has 0 aliphatic heterocycles. The second-order valence-corrected chi connectivity index (χ2v) is 18.2. The van der Waals surface area contributed by atoms with E-state index in [0.717, 1.165) is 28.6 Å². The van der Waals surface area contributed by atoms with E-state index < -0.39 is 8.07 Å². The van der Waals surface area contributed by atoms with E-state index in [9.17, 15) is 5.11 Å². The van der Waals surface area contributed by atoms with Crippen LogP contribution in [0.4, 0.5) is 0 Å². The van der Waals surface area contributed by atoms with E-state index in [0.29, 0.717) is 23.6 Å². The average Bonchev–Trinajstić information content (AvgIpc) is 2.87. The molecule has 39 heavy (non-hydrogen) atoms. The number of hydrogen-bond acceptors (Lipinski definition) is 3. The lowest BCUT2D eigenvalue weighted by atomic mass is 10.0. The summed E-state index contributed by atoms with van der Waals surface area (Å²) < 4.78 is 6.98. The largest absolute Gasteiger partial charge is 0.506 e. The van der Waals surface area contributed by atoms with Gasteiger partial charge in [-0.15, -0.1) is 5.54 Å². The van der Waals surface area contributed by atoms with Crippen molar-refractivity contribution >= 4 is 30.7 Å². The number of phenols is 1. The molecule has 0 unspecified atom stereocenters. The Kier molecular flexibility index (Phi) is 13.9. The van der Waals surface area contributed by atoms with Gasteiger partial charge < -0.3 is 9.84 Å². The number of rotatable bonds is 12. The van der Waals surface area contributed by atoms with E-state index in [1.54, 1.807) is 0 Å². The molecule has 1 aromatic carbocycles. The van der Waals surface area contributed by atoms with Crippen molar-refractivity contribution in [1.29, 1.82) is 0 Å². The van der Waals surface area contributed by atoms with Gasteiger partial charge in [-0.2, -0.15) is 0 Å². The maximum atomic E-state index is 10.7. The van der Waals surface area contributed by atoms with Gasteiger partial charge in [0.25, 0.3) is 0 Å². The molecule has 0 aliphatic carbocycles. The lowest BCUT2D eigenvalue weighted by Crippen LogP contribution is -2.35. The van der Waals surface area contributed by atoms with Crippen LogP contribution in [0.5, 0.6) is 11.5 Å². The molecule has 0 spiro atoms. The van der Waals surface area contributed by atoms with Gasteiger partial charge in [0.2, 0.25) is 0 Å². The Labute approximate surface area is 253 Å². The molecule has 0 atom stereocenters. The molecule has 1 aromatic heterocycles. The van der Waals surface area contributed by atoms with Crippen LogP contribution in [0.15, 0.2) is 24.3 Å². The maximum Gasteiger partial charge on any atom is 0.144 e. The van der Waals surface area contributed by atoms with Gasteiger partial charge in [-0.25, -0.2) is 4.98 Å². The first-order valence-electron chi connectivity index (χ1n) is 14.7. The third kappa shape index (κ3) is 11.6. The molecule has 5 heteroatoms. The highest BCUT2D eigenvalue weighted by atomic mass is 127. The Balaban J connectivity index is 2.34. The van der Waals surface area contributed by atoms with E-state index in [-0.39, 0.29) is 10.8 Å². The van der Waals surface area contributed by atoms with Crippen LogP contribution in [0.3, 0.4) is 0 Å². The summed E-state index contributed by atoms with van der Waals surface area (Å²) in [7, 11) is -1.79. The molecule has 0 fully saturated rings. The average molecular weight is 658 g/mol. The molecule has 0 aliphatic rings. The van der Waals surface area contributed by atoms with Crippen molar-refractivity contribution in [2.75, 3.05) is 6.61 Å². The summed E-state index contributed by atoms with van der Waals surface area (Å²) in [6.07, 6.45) is 11.9. The molecule has 1 N–H and O–H groups in total. The Hall–Kier alpha value is -1.96. The SMILES string of the molecule is CCCCCCCCOc1cc(C#Cc2cc(CCCCC)cc(I)c2O)nc(C#C[Si](C)(C)C(C)(C)C)c1. The summed E-state index contributed by atoms with van der Waals surface area (Å²) in [5.41, 5.74) is 6.72. The molecular weight excluding hydrogens is 609 g/mol. The lowest BCUT2D eigenvalue weighted by Gasteiger charge is -2.31. The molecule has 0 radical (unpaired) electrons. The molecule has 0 saturated heterocycles. The normalized spacial score (nSPS) is 11.4. The molecule has 3 nitrogen and oxygen atoms in total. The topological polar surface area (TPSA) is 42.4 Å². The number of nitrogens with zero attached hydrogens (tertiary/aromatic N) is 1. The van der Waals surface area contributed by atoms with Gasteiger partial charge in [-0.3, -0.25) is 0 Å². The third-order valence-electron chi connectivity index (χ3n) is 7.46. The zero-order valence-corrected chi connectivity index (χ0v) is 28.4. The summed E-state index contributed by atoms with van der Waals surface area (Å²) in [6.45, 7) is 16.5. The highest BCUT2D eigenvalue weighted by Crippen LogP contribution is 2.35. The fourth-order valence-electron chi connectivity index (χ4n) is 3.80. The van der Waals surface area contributed by atoms with Crippen LogP contribution in [0.2, 0.25) is 18.1 Å². The Morgan fingerprint density at radius 1 is 0.846 bits per heavy atom. The molecule has 0 saturated carbocycles. The summed E-state index contributed by atoms with van der Waals surface area (Å²) in [5.74, 6) is 10.7. The van der Waals surface area contributed by atoms with Gasteiger partial charge in [-0.1, -0.05) is 104 Å². The van der Waals surface area contributed by atoms with Gasteiger partial charge in [-0.05, 0) is 70.5 Å². The number of unbranched alkanes of at least 4 members (excludes halogenated alkanes) is 7. The minimum absolute atomic E-state index is 0.172. The second kappa shape index (κ2) is 16.3. The van der Waals surface area contributed by atoms with Crippen molar-refractivity contribution in [3.8, 4) is 34.8 Å². The van der Waals surface area contributed by atoms with Gasteiger partial charge in [0.05, 0.1) is 15.7 Å². The minimum atomic E-state index is -1.79. The van der Waals surface area contributed by atoms with Crippen molar-refractivity contribution < 1.29 is 9.84 Å². The number of benzene rings is 1. The van der Waals surface area contributed by atoms with E-state index in [4.69, 9.17) is 9.72 Å². The number of ether oxygens (including phenoxy) is 1. The van der Waals surface area contributed by atoms with E-state index in [1.807, 2.05) is 18.2 Å². The molecule has 212 valence electrons. The zero-order chi connectivity index (χ0) is 28.9. The monoisotopic (exact) mass is 657 g/mol. The molecule has 2 rings (SSSR count). The van der Waals surface area contributed by atoms with E-state index in [2.05, 4.69) is 99.7 Å². The molecule has 0 bridgehead atoms. The fourth-order valence-corrected chi connectivity index (χ4v) is 5.31. The predicted octanol–water partition coefficient (Wildman–Crippen LogP) is 9.66. The number of aromatic hydroxyl groups is 1. The van der Waals surface area contributed by atoms with Crippen LogP contribution < -0.4 is 4.74 Å². The first kappa shape index (κ1) is 33.2. The number of aromatic nitrogens is 1. The van der Waals surface area contributed by atoms with Crippen LogP contribution in [-0.2, 0) is 6.42 Å². The Morgan fingerprint density at radius 2 is 1.46 bits per heavy atom. The highest BCUT2D eigenvalue weighted by molar-refractivity contribution is 14.1. The van der Waals surface area contributed by atoms with Gasteiger partial charge in [0.15, 0.2) is 0 Å². The van der Waals surface area contributed by atoms with Gasteiger partial charge >= 0.3 is 0 Å². The summed E-state index contributed by atoms with van der Waals surface area (Å²) in [5, 5.41) is 10.9. The smallest absolute Gasteiger partial charge is 0.144 e. The van der Waals surface area contributed by atoms with Crippen LogP contribution >= 0.6 is 22.6 Å². The van der Waals surface area contributed by atoms with Crippen molar-refractivity contribution in [2.45, 2.75) is 117 Å². The van der Waals surface area contributed by atoms with E-state index >= 15 is 0 Å². The van der Waals surface area contributed by atoms with Crippen molar-refractivity contribution in [3.63, 3.8) is 0 Å². The van der Waals surface area contributed by atoms with Gasteiger partial charge in [0, 0.05) is 12.1 Å². The molecule has 1 heterocycles. The third-order valence-corrected chi connectivity index (χ3v) is 12.8. The number of hydrogen-bond donors (Lipinski definition) is 1. The van der Waals surface area contributed by atoms with Crippen molar-refractivity contribution in [3.05, 3.63) is 50.4 Å². The standard InChI is InChI=1S/C34H48INO2Si/c1-8-10-12-13-14-16-21-38-31-25-29(36-30(26-31)20-22-39(6,7)34(3,4)5)19-18-28-23-27(17-15-11-9-2)24-32(35)33(28)37/h23-26,37H,8-17,21H2,1-7H3. The first-order chi connectivity index (χ1) is 18.5. The quantitative estimate of drug-likeness (QED) is 0.107. The van der Waals surface area contributed by atoms with Crippen molar-refractivity contribution in [2.24, 2.45) is 0 Å².